The van der Waals surface area contributed by atoms with E-state index < -0.39 is 35.1 Å². The molecule has 0 heterocycles. The van der Waals surface area contributed by atoms with Gasteiger partial charge in [-0.2, -0.15) is 18.4 Å². The number of hydrogen-bond acceptors (Lipinski definition) is 2. The highest BCUT2D eigenvalue weighted by atomic mass is 19.4. The van der Waals surface area contributed by atoms with Gasteiger partial charge in [0.25, 0.3) is 5.91 Å². The molecule has 0 fully saturated rings. The first-order valence-corrected chi connectivity index (χ1v) is 5.22. The van der Waals surface area contributed by atoms with Crippen LogP contribution >= 0.6 is 0 Å². The van der Waals surface area contributed by atoms with Crippen molar-refractivity contribution >= 4 is 5.91 Å². The molecule has 1 atom stereocenters. The molecule has 0 aromatic heterocycles. The zero-order valence-corrected chi connectivity index (χ0v) is 10.1. The predicted molar refractivity (Wildman–Crippen MR) is 58.6 cm³/mol. The molecule has 0 aliphatic carbocycles. The van der Waals surface area contributed by atoms with Crippen LogP contribution in [0.3, 0.4) is 0 Å². The third-order valence-corrected chi connectivity index (χ3v) is 2.62. The first-order valence-electron chi connectivity index (χ1n) is 5.22. The van der Waals surface area contributed by atoms with Gasteiger partial charge >= 0.3 is 6.18 Å². The van der Waals surface area contributed by atoms with Crippen molar-refractivity contribution in [2.24, 2.45) is 0 Å². The number of nitriles is 1. The molecule has 0 saturated carbocycles. The molecule has 102 valence electrons. The standard InChI is InChI=1S/C12H10F4N2O/c1-7(6-17)18(2)11(19)8-4-3-5-9(10(8)13)12(14,15)16/h3-5,7H,1-2H3. The topological polar surface area (TPSA) is 44.1 Å². The summed E-state index contributed by atoms with van der Waals surface area (Å²) >= 11 is 0. The van der Waals surface area contributed by atoms with Crippen molar-refractivity contribution in [2.45, 2.75) is 19.1 Å². The smallest absolute Gasteiger partial charge is 0.326 e. The van der Waals surface area contributed by atoms with E-state index in [1.807, 2.05) is 0 Å². The van der Waals surface area contributed by atoms with Gasteiger partial charge in [0.1, 0.15) is 11.9 Å². The summed E-state index contributed by atoms with van der Waals surface area (Å²) in [5.74, 6) is -2.60. The molecule has 0 aliphatic rings. The second kappa shape index (κ2) is 5.26. The normalized spacial score (nSPS) is 12.7. The molecule has 7 heteroatoms. The SMILES string of the molecule is CC(C#N)N(C)C(=O)c1cccc(C(F)(F)F)c1F. The minimum atomic E-state index is -4.88. The lowest BCUT2D eigenvalue weighted by Crippen LogP contribution is -2.34. The minimum absolute atomic E-state index is 0.555. The molecule has 0 spiro atoms. The maximum Gasteiger partial charge on any atom is 0.419 e. The number of nitrogens with zero attached hydrogens (tertiary/aromatic N) is 2. The second-order valence-corrected chi connectivity index (χ2v) is 3.89. The van der Waals surface area contributed by atoms with Crippen LogP contribution in [0, 0.1) is 17.1 Å². The Bertz CT molecular complexity index is 534. The van der Waals surface area contributed by atoms with Crippen LogP contribution in [0.15, 0.2) is 18.2 Å². The van der Waals surface area contributed by atoms with Gasteiger partial charge in [-0.1, -0.05) is 6.07 Å². The fourth-order valence-electron chi connectivity index (χ4n) is 1.37. The molecule has 1 rings (SSSR count). The number of halogens is 4. The van der Waals surface area contributed by atoms with Gasteiger partial charge in [0.2, 0.25) is 0 Å². The van der Waals surface area contributed by atoms with Crippen molar-refractivity contribution in [3.8, 4) is 6.07 Å². The molecule has 0 saturated heterocycles. The number of carbonyl (C=O) groups is 1. The van der Waals surface area contributed by atoms with Gasteiger partial charge in [-0.15, -0.1) is 0 Å². The molecule has 0 aliphatic heterocycles. The molecular weight excluding hydrogens is 264 g/mol. The molecule has 1 amide bonds. The molecule has 0 radical (unpaired) electrons. The van der Waals surface area contributed by atoms with E-state index in [4.69, 9.17) is 5.26 Å². The van der Waals surface area contributed by atoms with E-state index in [2.05, 4.69) is 0 Å². The van der Waals surface area contributed by atoms with Crippen molar-refractivity contribution in [1.29, 1.82) is 5.26 Å². The fraction of sp³-hybridized carbons (Fsp3) is 0.333. The Morgan fingerprint density at radius 1 is 1.42 bits per heavy atom. The van der Waals surface area contributed by atoms with Crippen molar-refractivity contribution in [1.82, 2.24) is 4.90 Å². The van der Waals surface area contributed by atoms with E-state index >= 15 is 0 Å². The van der Waals surface area contributed by atoms with E-state index in [9.17, 15) is 22.4 Å². The van der Waals surface area contributed by atoms with E-state index in [-0.39, 0.29) is 0 Å². The van der Waals surface area contributed by atoms with Crippen LogP contribution < -0.4 is 0 Å². The number of amides is 1. The summed E-state index contributed by atoms with van der Waals surface area (Å²) in [7, 11) is 1.22. The van der Waals surface area contributed by atoms with Crippen molar-refractivity contribution in [2.75, 3.05) is 7.05 Å². The van der Waals surface area contributed by atoms with Crippen LogP contribution in [0.4, 0.5) is 17.6 Å². The molecule has 1 aromatic rings. The fourth-order valence-corrected chi connectivity index (χ4v) is 1.37. The lowest BCUT2D eigenvalue weighted by atomic mass is 10.1. The number of rotatable bonds is 2. The van der Waals surface area contributed by atoms with Crippen LogP contribution in [0.25, 0.3) is 0 Å². The first kappa shape index (κ1) is 15.0. The van der Waals surface area contributed by atoms with Gasteiger partial charge in [-0.25, -0.2) is 4.39 Å². The summed E-state index contributed by atoms with van der Waals surface area (Å²) in [5.41, 5.74) is -2.21. The van der Waals surface area contributed by atoms with E-state index in [1.54, 1.807) is 6.07 Å². The summed E-state index contributed by atoms with van der Waals surface area (Å²) in [4.78, 5) is 12.7. The molecular formula is C12H10F4N2O. The van der Waals surface area contributed by atoms with Crippen LogP contribution in [-0.4, -0.2) is 23.9 Å². The minimum Gasteiger partial charge on any atom is -0.326 e. The van der Waals surface area contributed by atoms with Gasteiger partial charge in [0, 0.05) is 7.05 Å². The number of hydrogen-bond donors (Lipinski definition) is 0. The molecule has 19 heavy (non-hydrogen) atoms. The Morgan fingerprint density at radius 2 is 2.00 bits per heavy atom. The summed E-state index contributed by atoms with van der Waals surface area (Å²) < 4.78 is 51.2. The van der Waals surface area contributed by atoms with Gasteiger partial charge in [-0.3, -0.25) is 4.79 Å². The quantitative estimate of drug-likeness (QED) is 0.778. The number of carbonyl (C=O) groups excluding carboxylic acids is 1. The Kier molecular flexibility index (Phi) is 4.14. The third-order valence-electron chi connectivity index (χ3n) is 2.62. The Hall–Kier alpha value is -2.10. The largest absolute Gasteiger partial charge is 0.419 e. The maximum atomic E-state index is 13.7. The average molecular weight is 274 g/mol. The highest BCUT2D eigenvalue weighted by Crippen LogP contribution is 2.32. The van der Waals surface area contributed by atoms with E-state index in [0.29, 0.717) is 6.07 Å². The van der Waals surface area contributed by atoms with Crippen LogP contribution in [0.5, 0.6) is 0 Å². The molecule has 0 bridgehead atoms. The number of alkyl halides is 3. The summed E-state index contributed by atoms with van der Waals surface area (Å²) in [6.45, 7) is 1.38. The predicted octanol–water partition coefficient (Wildman–Crippen LogP) is 2.83. The lowest BCUT2D eigenvalue weighted by Gasteiger charge is -2.20. The molecule has 1 unspecified atom stereocenters. The Balaban J connectivity index is 3.24. The van der Waals surface area contributed by atoms with Gasteiger partial charge in [-0.05, 0) is 19.1 Å². The van der Waals surface area contributed by atoms with Crippen LogP contribution in [0.1, 0.15) is 22.8 Å². The van der Waals surface area contributed by atoms with Crippen molar-refractivity contribution < 1.29 is 22.4 Å². The van der Waals surface area contributed by atoms with E-state index in [1.165, 1.54) is 14.0 Å². The summed E-state index contributed by atoms with van der Waals surface area (Å²) in [5, 5.41) is 8.64. The highest BCUT2D eigenvalue weighted by Gasteiger charge is 2.36. The zero-order chi connectivity index (χ0) is 14.8. The first-order chi connectivity index (χ1) is 8.70. The van der Waals surface area contributed by atoms with Crippen LogP contribution in [0.2, 0.25) is 0 Å². The molecule has 1 aromatic carbocycles. The van der Waals surface area contributed by atoms with E-state index in [0.717, 1.165) is 17.0 Å². The monoisotopic (exact) mass is 274 g/mol. The summed E-state index contributed by atoms with van der Waals surface area (Å²) in [6.07, 6.45) is -4.88. The zero-order valence-electron chi connectivity index (χ0n) is 10.1. The Labute approximate surface area is 107 Å². The van der Waals surface area contributed by atoms with Gasteiger partial charge in [0.15, 0.2) is 0 Å². The Morgan fingerprint density at radius 3 is 2.47 bits per heavy atom. The van der Waals surface area contributed by atoms with Crippen molar-refractivity contribution in [3.63, 3.8) is 0 Å². The number of benzene rings is 1. The van der Waals surface area contributed by atoms with Crippen LogP contribution in [-0.2, 0) is 6.18 Å². The molecule has 0 N–H and O–H groups in total. The highest BCUT2D eigenvalue weighted by molar-refractivity contribution is 5.95. The second-order valence-electron chi connectivity index (χ2n) is 3.89. The third kappa shape index (κ3) is 3.02. The summed E-state index contributed by atoms with van der Waals surface area (Å²) in [6, 6.07) is 3.32. The van der Waals surface area contributed by atoms with Gasteiger partial charge < -0.3 is 4.90 Å². The van der Waals surface area contributed by atoms with Crippen molar-refractivity contribution in [3.05, 3.63) is 35.1 Å². The average Bonchev–Trinajstić information content (AvgIpc) is 2.35. The lowest BCUT2D eigenvalue weighted by molar-refractivity contribution is -0.140. The molecule has 3 nitrogen and oxygen atoms in total. The van der Waals surface area contributed by atoms with Gasteiger partial charge in [0.05, 0.1) is 17.2 Å². The maximum absolute atomic E-state index is 13.7.